The number of carbonyl (C=O) groups is 2. The molecule has 0 aromatic heterocycles. The molecule has 2 N–H and O–H groups in total. The first-order valence-electron chi connectivity index (χ1n) is 7.53. The molecule has 24 heavy (non-hydrogen) atoms. The fourth-order valence-electron chi connectivity index (χ4n) is 3.77. The lowest BCUT2D eigenvalue weighted by Crippen LogP contribution is -2.60. The number of benzene rings is 1. The summed E-state index contributed by atoms with van der Waals surface area (Å²) in [5, 5.41) is 20.8. The zero-order chi connectivity index (χ0) is 17.1. The van der Waals surface area contributed by atoms with E-state index in [-0.39, 0.29) is 13.0 Å². The minimum atomic E-state index is -2.22. The fraction of sp³-hybridized carbons (Fsp3) is 0.500. The number of esters is 2. The van der Waals surface area contributed by atoms with Crippen molar-refractivity contribution in [3.05, 3.63) is 29.8 Å². The predicted octanol–water partition coefficient (Wildman–Crippen LogP) is -0.530. The van der Waals surface area contributed by atoms with E-state index in [4.69, 9.17) is 18.9 Å². The van der Waals surface area contributed by atoms with Crippen LogP contribution in [0.4, 0.5) is 0 Å². The second kappa shape index (κ2) is 4.92. The van der Waals surface area contributed by atoms with Crippen molar-refractivity contribution in [2.45, 2.75) is 35.9 Å². The first kappa shape index (κ1) is 15.4. The van der Waals surface area contributed by atoms with Gasteiger partial charge in [-0.25, -0.2) is 4.79 Å². The van der Waals surface area contributed by atoms with Gasteiger partial charge in [-0.3, -0.25) is 4.79 Å². The zero-order valence-corrected chi connectivity index (χ0v) is 12.8. The molecule has 3 heterocycles. The molecule has 1 spiro atoms. The minimum absolute atomic E-state index is 0.115. The van der Waals surface area contributed by atoms with E-state index in [1.807, 2.05) is 0 Å². The second-order valence-electron chi connectivity index (χ2n) is 6.14. The molecule has 0 radical (unpaired) electrons. The van der Waals surface area contributed by atoms with Gasteiger partial charge in [0.1, 0.15) is 11.9 Å². The van der Waals surface area contributed by atoms with E-state index in [1.165, 1.54) is 7.11 Å². The van der Waals surface area contributed by atoms with Crippen molar-refractivity contribution in [3.63, 3.8) is 0 Å². The van der Waals surface area contributed by atoms with Crippen LogP contribution in [0.3, 0.4) is 0 Å². The molecule has 3 aliphatic heterocycles. The van der Waals surface area contributed by atoms with Crippen molar-refractivity contribution >= 4 is 11.9 Å². The van der Waals surface area contributed by atoms with Gasteiger partial charge in [-0.2, -0.15) is 0 Å². The zero-order valence-electron chi connectivity index (χ0n) is 12.8. The molecule has 3 fully saturated rings. The molecule has 3 aliphatic rings. The first-order valence-corrected chi connectivity index (χ1v) is 7.53. The van der Waals surface area contributed by atoms with Crippen LogP contribution in [0.15, 0.2) is 24.3 Å². The Hall–Kier alpha value is -2.16. The van der Waals surface area contributed by atoms with E-state index in [0.29, 0.717) is 11.3 Å². The monoisotopic (exact) mass is 336 g/mol. The number of hydrogen-bond donors (Lipinski definition) is 2. The van der Waals surface area contributed by atoms with Crippen LogP contribution in [0.2, 0.25) is 0 Å². The number of hydrogen-bond acceptors (Lipinski definition) is 8. The van der Waals surface area contributed by atoms with Crippen molar-refractivity contribution in [2.75, 3.05) is 13.7 Å². The van der Waals surface area contributed by atoms with Gasteiger partial charge in [0.15, 0.2) is 6.10 Å². The fourth-order valence-corrected chi connectivity index (χ4v) is 3.77. The smallest absolute Gasteiger partial charge is 0.357 e. The maximum atomic E-state index is 12.5. The van der Waals surface area contributed by atoms with Crippen LogP contribution >= 0.6 is 0 Å². The molecule has 0 amide bonds. The average molecular weight is 336 g/mol. The number of methoxy groups -OCH3 is 1. The SMILES string of the molecule is COc1ccc([C@H]2CC(=O)O[C@@]23C(=O)O[C@@H]2[C@@H](O)CO[C@@]23O)cc1. The number of aliphatic hydroxyl groups is 2. The molecule has 1 aromatic carbocycles. The third-order valence-electron chi connectivity index (χ3n) is 4.93. The summed E-state index contributed by atoms with van der Waals surface area (Å²) < 4.78 is 20.8. The molecule has 0 bridgehead atoms. The number of aliphatic hydroxyl groups excluding tert-OH is 1. The van der Waals surface area contributed by atoms with Gasteiger partial charge in [-0.05, 0) is 17.7 Å². The minimum Gasteiger partial charge on any atom is -0.497 e. The molecule has 0 aliphatic carbocycles. The molecule has 5 atom stereocenters. The van der Waals surface area contributed by atoms with E-state index < -0.39 is 41.5 Å². The van der Waals surface area contributed by atoms with Gasteiger partial charge in [0, 0.05) is 0 Å². The number of carbonyl (C=O) groups excluding carboxylic acids is 2. The summed E-state index contributed by atoms with van der Waals surface area (Å²) in [7, 11) is 1.52. The number of ether oxygens (including phenoxy) is 4. The molecule has 8 nitrogen and oxygen atoms in total. The Bertz CT molecular complexity index is 701. The highest BCUT2D eigenvalue weighted by molar-refractivity contribution is 5.92. The highest BCUT2D eigenvalue weighted by Gasteiger charge is 2.80. The molecule has 0 unspecified atom stereocenters. The summed E-state index contributed by atoms with van der Waals surface area (Å²) in [6, 6.07) is 6.72. The predicted molar refractivity (Wildman–Crippen MR) is 76.0 cm³/mol. The molecule has 1 aromatic rings. The van der Waals surface area contributed by atoms with Gasteiger partial charge in [0.2, 0.25) is 0 Å². The molecular weight excluding hydrogens is 320 g/mol. The van der Waals surface area contributed by atoms with Gasteiger partial charge in [-0.1, -0.05) is 12.1 Å². The molecule has 8 heteroatoms. The first-order chi connectivity index (χ1) is 11.4. The highest BCUT2D eigenvalue weighted by atomic mass is 16.7. The van der Waals surface area contributed by atoms with Gasteiger partial charge >= 0.3 is 11.9 Å². The van der Waals surface area contributed by atoms with Crippen LogP contribution < -0.4 is 4.74 Å². The van der Waals surface area contributed by atoms with Crippen molar-refractivity contribution in [1.82, 2.24) is 0 Å². The summed E-state index contributed by atoms with van der Waals surface area (Å²) in [5.74, 6) is -3.98. The highest BCUT2D eigenvalue weighted by Crippen LogP contribution is 2.56. The van der Waals surface area contributed by atoms with Crippen LogP contribution in [0.5, 0.6) is 5.75 Å². The molecule has 128 valence electrons. The Morgan fingerprint density at radius 1 is 1.25 bits per heavy atom. The third-order valence-corrected chi connectivity index (χ3v) is 4.93. The van der Waals surface area contributed by atoms with Crippen molar-refractivity contribution in [2.24, 2.45) is 0 Å². The van der Waals surface area contributed by atoms with E-state index in [0.717, 1.165) is 0 Å². The lowest BCUT2D eigenvalue weighted by Gasteiger charge is -2.35. The summed E-state index contributed by atoms with van der Waals surface area (Å²) >= 11 is 0. The number of fused-ring (bicyclic) bond motifs is 2. The van der Waals surface area contributed by atoms with E-state index in [9.17, 15) is 19.8 Å². The Labute approximate surface area is 136 Å². The Kier molecular flexibility index (Phi) is 3.15. The maximum absolute atomic E-state index is 12.5. The summed E-state index contributed by atoms with van der Waals surface area (Å²) in [5.41, 5.74) is -1.43. The number of rotatable bonds is 2. The normalized spacial score (nSPS) is 40.5. The van der Waals surface area contributed by atoms with E-state index in [1.54, 1.807) is 24.3 Å². The van der Waals surface area contributed by atoms with Crippen LogP contribution in [0.25, 0.3) is 0 Å². The molecule has 3 saturated heterocycles. The van der Waals surface area contributed by atoms with Gasteiger partial charge < -0.3 is 29.2 Å². The maximum Gasteiger partial charge on any atom is 0.357 e. The Balaban J connectivity index is 1.82. The van der Waals surface area contributed by atoms with Crippen LogP contribution in [-0.4, -0.2) is 59.5 Å². The standard InChI is InChI=1S/C16H16O8/c1-21-9-4-2-8(3-5-9)10-6-12(18)24-15(10)14(19)23-13-11(17)7-22-16(13,15)20/h2-5,10-11,13,17,20H,6-7H2,1H3/t10-,11+,13-,15-,16+/m1/s1. The molecule has 0 saturated carbocycles. The summed E-state index contributed by atoms with van der Waals surface area (Å²) in [6.07, 6.45) is -2.60. The van der Waals surface area contributed by atoms with Crippen LogP contribution in [-0.2, 0) is 23.8 Å². The molecular formula is C16H16O8. The largest absolute Gasteiger partial charge is 0.497 e. The van der Waals surface area contributed by atoms with Gasteiger partial charge in [0.05, 0.1) is 26.1 Å². The Morgan fingerprint density at radius 2 is 1.96 bits per heavy atom. The second-order valence-corrected chi connectivity index (χ2v) is 6.14. The van der Waals surface area contributed by atoms with Crippen molar-refractivity contribution in [3.8, 4) is 5.75 Å². The van der Waals surface area contributed by atoms with E-state index in [2.05, 4.69) is 0 Å². The summed E-state index contributed by atoms with van der Waals surface area (Å²) in [6.45, 7) is -0.219. The van der Waals surface area contributed by atoms with Crippen molar-refractivity contribution < 1.29 is 38.7 Å². The van der Waals surface area contributed by atoms with Gasteiger partial charge in [0.25, 0.3) is 11.4 Å². The van der Waals surface area contributed by atoms with Crippen LogP contribution in [0, 0.1) is 0 Å². The molecule has 4 rings (SSSR count). The van der Waals surface area contributed by atoms with Crippen molar-refractivity contribution in [1.29, 1.82) is 0 Å². The lowest BCUT2D eigenvalue weighted by atomic mass is 9.76. The third kappa shape index (κ3) is 1.73. The van der Waals surface area contributed by atoms with Gasteiger partial charge in [-0.15, -0.1) is 0 Å². The topological polar surface area (TPSA) is 112 Å². The van der Waals surface area contributed by atoms with Crippen LogP contribution in [0.1, 0.15) is 17.9 Å². The average Bonchev–Trinajstić information content (AvgIpc) is 3.15. The van der Waals surface area contributed by atoms with E-state index >= 15 is 0 Å². The Morgan fingerprint density at radius 3 is 2.62 bits per heavy atom. The summed E-state index contributed by atoms with van der Waals surface area (Å²) in [4.78, 5) is 24.5. The lowest BCUT2D eigenvalue weighted by molar-refractivity contribution is -0.264. The quantitative estimate of drug-likeness (QED) is 0.693.